The second-order valence-electron chi connectivity index (χ2n) is 7.23. The van der Waals surface area contributed by atoms with Crippen molar-refractivity contribution in [1.82, 2.24) is 0 Å². The molecule has 9 nitrogen and oxygen atoms in total. The maximum absolute atomic E-state index is 13.0. The summed E-state index contributed by atoms with van der Waals surface area (Å²) in [5, 5.41) is 0. The van der Waals surface area contributed by atoms with Gasteiger partial charge in [-0.25, -0.2) is 13.0 Å². The fraction of sp³-hybridized carbons (Fsp3) is 0.250. The number of ether oxygens (including phenoxy) is 2. The van der Waals surface area contributed by atoms with E-state index in [9.17, 15) is 13.0 Å². The van der Waals surface area contributed by atoms with E-state index >= 15 is 0 Å². The summed E-state index contributed by atoms with van der Waals surface area (Å²) in [6.07, 6.45) is 0. The van der Waals surface area contributed by atoms with Crippen LogP contribution in [0.3, 0.4) is 0 Å². The molecule has 0 saturated heterocycles. The van der Waals surface area contributed by atoms with E-state index < -0.39 is 17.8 Å². The van der Waals surface area contributed by atoms with Gasteiger partial charge in [0.05, 0.1) is 30.9 Å². The van der Waals surface area contributed by atoms with Crippen LogP contribution in [0.15, 0.2) is 71.6 Å². The van der Waals surface area contributed by atoms with E-state index in [1.54, 1.807) is 63.4 Å². The summed E-state index contributed by atoms with van der Waals surface area (Å²) in [7, 11) is -6.44. The van der Waals surface area contributed by atoms with E-state index in [-0.39, 0.29) is 29.5 Å². The first-order valence-electron chi connectivity index (χ1n) is 10.8. The number of rotatable bonds is 12. The molecule has 3 aromatic rings. The molecule has 0 atom stereocenters. The molecule has 35 heavy (non-hydrogen) atoms. The average molecular weight is 522 g/mol. The van der Waals surface area contributed by atoms with Gasteiger partial charge in [0.15, 0.2) is 5.75 Å². The monoisotopic (exact) mass is 521 g/mol. The van der Waals surface area contributed by atoms with Crippen LogP contribution in [0.1, 0.15) is 19.4 Å². The third-order valence-electron chi connectivity index (χ3n) is 4.61. The molecule has 0 heterocycles. The lowest BCUT2D eigenvalue weighted by Crippen LogP contribution is -2.14. The zero-order chi connectivity index (χ0) is 25.5. The van der Waals surface area contributed by atoms with E-state index in [1.807, 2.05) is 6.92 Å². The van der Waals surface area contributed by atoms with Crippen LogP contribution in [0, 0.1) is 6.92 Å². The molecule has 0 aromatic heterocycles. The topological polar surface area (TPSA) is 109 Å². The summed E-state index contributed by atoms with van der Waals surface area (Å²) in [5.74, 6) is 1.39. The normalized spacial score (nSPS) is 11.7. The molecule has 188 valence electrons. The smallest absolute Gasteiger partial charge is 0.497 e. The van der Waals surface area contributed by atoms with Crippen LogP contribution in [0.2, 0.25) is 0 Å². The minimum absolute atomic E-state index is 0.0345. The Kier molecular flexibility index (Phi) is 8.80. The van der Waals surface area contributed by atoms with Gasteiger partial charge in [-0.2, -0.15) is 0 Å². The molecule has 0 unspecified atom stereocenters. The first-order chi connectivity index (χ1) is 16.7. The van der Waals surface area contributed by atoms with Gasteiger partial charge in [0.25, 0.3) is 10.0 Å². The number of phosphoric acid groups is 1. The Balaban J connectivity index is 1.97. The number of anilines is 1. The van der Waals surface area contributed by atoms with E-state index in [4.69, 9.17) is 23.0 Å². The standard InChI is InChI=1S/C24H28NO8PS/c1-5-30-34(26,31-6-2)33-24-17-21(32-20-11-9-19(29-4)10-12-20)13-16-23(24)25-35(27,28)22-14-7-18(3)8-15-22/h7-17,25H,5-6H2,1-4H3. The lowest BCUT2D eigenvalue weighted by Gasteiger charge is -2.20. The van der Waals surface area contributed by atoms with Gasteiger partial charge in [-0.1, -0.05) is 17.7 Å². The largest absolute Gasteiger partial charge is 0.530 e. The molecule has 0 saturated carbocycles. The Hall–Kier alpha value is -3.04. The van der Waals surface area contributed by atoms with Gasteiger partial charge in [-0.05, 0) is 69.3 Å². The van der Waals surface area contributed by atoms with Crippen LogP contribution in [0.5, 0.6) is 23.0 Å². The Labute approximate surface area is 205 Å². The predicted octanol–water partition coefficient (Wildman–Crippen LogP) is 6.16. The van der Waals surface area contributed by atoms with Gasteiger partial charge in [0.2, 0.25) is 0 Å². The predicted molar refractivity (Wildman–Crippen MR) is 133 cm³/mol. The Morgan fingerprint density at radius 2 is 1.40 bits per heavy atom. The second kappa shape index (κ2) is 11.6. The van der Waals surface area contributed by atoms with Crippen molar-refractivity contribution < 1.29 is 36.0 Å². The molecular weight excluding hydrogens is 493 g/mol. The highest BCUT2D eigenvalue weighted by molar-refractivity contribution is 7.92. The SMILES string of the molecule is CCOP(=O)(OCC)Oc1cc(Oc2ccc(OC)cc2)ccc1NS(=O)(=O)c1ccc(C)cc1. The molecule has 0 amide bonds. The molecule has 0 fully saturated rings. The number of aryl methyl sites for hydroxylation is 1. The van der Waals surface area contributed by atoms with Crippen LogP contribution < -0.4 is 18.7 Å². The third-order valence-corrected chi connectivity index (χ3v) is 7.56. The van der Waals surface area contributed by atoms with Crippen molar-refractivity contribution in [2.45, 2.75) is 25.7 Å². The number of hydrogen-bond acceptors (Lipinski definition) is 8. The number of sulfonamides is 1. The summed E-state index contributed by atoms with van der Waals surface area (Å²) in [5.41, 5.74) is 0.953. The highest BCUT2D eigenvalue weighted by Crippen LogP contribution is 2.51. The lowest BCUT2D eigenvalue weighted by molar-refractivity contribution is 0.167. The lowest BCUT2D eigenvalue weighted by atomic mass is 10.2. The molecular formula is C24H28NO8PS. The average Bonchev–Trinajstić information content (AvgIpc) is 2.82. The van der Waals surface area contributed by atoms with Crippen molar-refractivity contribution in [3.63, 3.8) is 0 Å². The highest BCUT2D eigenvalue weighted by atomic mass is 32.2. The van der Waals surface area contributed by atoms with Crippen LogP contribution in [0.25, 0.3) is 0 Å². The van der Waals surface area contributed by atoms with E-state index in [0.717, 1.165) is 5.56 Å². The van der Waals surface area contributed by atoms with Crippen molar-refractivity contribution >= 4 is 23.5 Å². The van der Waals surface area contributed by atoms with Gasteiger partial charge in [-0.15, -0.1) is 0 Å². The minimum atomic E-state index is -4.03. The maximum Gasteiger partial charge on any atom is 0.530 e. The van der Waals surface area contributed by atoms with Gasteiger partial charge in [-0.3, -0.25) is 13.8 Å². The van der Waals surface area contributed by atoms with Crippen molar-refractivity contribution in [2.24, 2.45) is 0 Å². The molecule has 0 aliphatic heterocycles. The van der Waals surface area contributed by atoms with E-state index in [2.05, 4.69) is 4.72 Å². The summed E-state index contributed by atoms with van der Waals surface area (Å²) in [4.78, 5) is 0.0606. The molecule has 3 rings (SSSR count). The van der Waals surface area contributed by atoms with Crippen LogP contribution in [0.4, 0.5) is 5.69 Å². The van der Waals surface area contributed by atoms with Crippen molar-refractivity contribution in [2.75, 3.05) is 25.0 Å². The van der Waals surface area contributed by atoms with Crippen molar-refractivity contribution in [3.8, 4) is 23.0 Å². The minimum Gasteiger partial charge on any atom is -0.497 e. The van der Waals surface area contributed by atoms with Gasteiger partial charge < -0.3 is 14.0 Å². The number of hydrogen-bond donors (Lipinski definition) is 1. The molecule has 0 spiro atoms. The summed E-state index contributed by atoms with van der Waals surface area (Å²) >= 11 is 0. The zero-order valence-electron chi connectivity index (χ0n) is 19.9. The zero-order valence-corrected chi connectivity index (χ0v) is 21.6. The molecule has 1 N–H and O–H groups in total. The van der Waals surface area contributed by atoms with Gasteiger partial charge >= 0.3 is 7.82 Å². The number of methoxy groups -OCH3 is 1. The highest BCUT2D eigenvalue weighted by Gasteiger charge is 2.30. The maximum atomic E-state index is 13.0. The Bertz CT molecular complexity index is 1270. The van der Waals surface area contributed by atoms with Crippen LogP contribution in [-0.2, 0) is 23.6 Å². The fourth-order valence-electron chi connectivity index (χ4n) is 2.95. The van der Waals surface area contributed by atoms with Crippen molar-refractivity contribution in [1.29, 1.82) is 0 Å². The van der Waals surface area contributed by atoms with E-state index in [1.165, 1.54) is 24.3 Å². The number of nitrogens with one attached hydrogen (secondary N) is 1. The second-order valence-corrected chi connectivity index (χ2v) is 10.5. The summed E-state index contributed by atoms with van der Waals surface area (Å²) < 4.78 is 68.5. The van der Waals surface area contributed by atoms with Crippen molar-refractivity contribution in [3.05, 3.63) is 72.3 Å². The Morgan fingerprint density at radius 3 is 1.97 bits per heavy atom. The molecule has 0 radical (unpaired) electrons. The summed E-state index contributed by atoms with van der Waals surface area (Å²) in [6, 6.07) is 17.6. The van der Waals surface area contributed by atoms with Crippen LogP contribution in [-0.4, -0.2) is 28.7 Å². The number of benzene rings is 3. The first kappa shape index (κ1) is 26.6. The first-order valence-corrected chi connectivity index (χ1v) is 13.8. The van der Waals surface area contributed by atoms with Crippen LogP contribution >= 0.6 is 7.82 Å². The molecule has 0 aliphatic carbocycles. The van der Waals surface area contributed by atoms with Gasteiger partial charge in [0, 0.05) is 6.07 Å². The summed E-state index contributed by atoms with van der Waals surface area (Å²) in [6.45, 7) is 5.25. The molecule has 0 aliphatic rings. The quantitative estimate of drug-likeness (QED) is 0.282. The molecule has 3 aromatic carbocycles. The van der Waals surface area contributed by atoms with Gasteiger partial charge in [0.1, 0.15) is 17.2 Å². The molecule has 0 bridgehead atoms. The Morgan fingerprint density at radius 1 is 0.829 bits per heavy atom. The third kappa shape index (κ3) is 7.22. The van der Waals surface area contributed by atoms with E-state index in [0.29, 0.717) is 17.2 Å². The molecule has 11 heteroatoms. The fourth-order valence-corrected chi connectivity index (χ4v) is 5.23. The number of phosphoric ester groups is 1.